The van der Waals surface area contributed by atoms with Gasteiger partial charge < -0.3 is 10.1 Å². The van der Waals surface area contributed by atoms with E-state index in [1.54, 1.807) is 4.68 Å². The Morgan fingerprint density at radius 2 is 2.04 bits per heavy atom. The first-order valence-electron chi connectivity index (χ1n) is 8.04. The van der Waals surface area contributed by atoms with Crippen molar-refractivity contribution >= 4 is 11.6 Å². The number of carbonyl (C=O) groups is 1. The van der Waals surface area contributed by atoms with E-state index in [-0.39, 0.29) is 5.91 Å². The minimum absolute atomic E-state index is 0.0359. The number of nitrogens with zero attached hydrogens (tertiary/aromatic N) is 4. The standard InChI is InChI=1S/C18H19N5O2/c1-14-12-15(9-10-17(14)23-13-19-21-22-23)20-18(24)8-5-11-25-16-6-3-2-4-7-16/h2-4,6-7,9-10,12-13H,5,8,11H2,1H3,(H,20,24). The summed E-state index contributed by atoms with van der Waals surface area (Å²) in [6.45, 7) is 2.45. The van der Waals surface area contributed by atoms with Gasteiger partial charge in [-0.3, -0.25) is 4.79 Å². The highest BCUT2D eigenvalue weighted by atomic mass is 16.5. The molecule has 0 bridgehead atoms. The molecule has 1 aromatic heterocycles. The lowest BCUT2D eigenvalue weighted by Crippen LogP contribution is -2.13. The maximum absolute atomic E-state index is 12.0. The van der Waals surface area contributed by atoms with E-state index in [0.717, 1.165) is 22.7 Å². The first-order valence-corrected chi connectivity index (χ1v) is 8.04. The molecule has 3 aromatic rings. The zero-order valence-electron chi connectivity index (χ0n) is 13.9. The molecule has 128 valence electrons. The molecule has 25 heavy (non-hydrogen) atoms. The molecule has 0 unspecified atom stereocenters. The van der Waals surface area contributed by atoms with E-state index in [1.165, 1.54) is 6.33 Å². The number of anilines is 1. The molecule has 7 heteroatoms. The molecule has 0 saturated carbocycles. The lowest BCUT2D eigenvalue weighted by molar-refractivity contribution is -0.116. The van der Waals surface area contributed by atoms with Gasteiger partial charge in [0, 0.05) is 12.1 Å². The maximum Gasteiger partial charge on any atom is 0.224 e. The highest BCUT2D eigenvalue weighted by Gasteiger charge is 2.07. The normalized spacial score (nSPS) is 10.4. The highest BCUT2D eigenvalue weighted by Crippen LogP contribution is 2.18. The van der Waals surface area contributed by atoms with Gasteiger partial charge in [0.2, 0.25) is 5.91 Å². The first kappa shape index (κ1) is 16.6. The van der Waals surface area contributed by atoms with Crippen molar-refractivity contribution in [1.82, 2.24) is 20.2 Å². The third-order valence-electron chi connectivity index (χ3n) is 3.64. The number of aromatic nitrogens is 4. The predicted octanol–water partition coefficient (Wildman–Crippen LogP) is 2.77. The van der Waals surface area contributed by atoms with Crippen LogP contribution < -0.4 is 10.1 Å². The van der Waals surface area contributed by atoms with E-state index in [4.69, 9.17) is 4.74 Å². The second kappa shape index (κ2) is 8.05. The molecule has 0 aliphatic rings. The summed E-state index contributed by atoms with van der Waals surface area (Å²) in [6, 6.07) is 15.2. The molecule has 0 atom stereocenters. The van der Waals surface area contributed by atoms with Crippen LogP contribution in [0.1, 0.15) is 18.4 Å². The number of hydrogen-bond acceptors (Lipinski definition) is 5. The van der Waals surface area contributed by atoms with Crippen LogP contribution >= 0.6 is 0 Å². The molecular formula is C18H19N5O2. The van der Waals surface area contributed by atoms with Crippen LogP contribution in [-0.4, -0.2) is 32.7 Å². The topological polar surface area (TPSA) is 81.9 Å². The Morgan fingerprint density at radius 3 is 2.76 bits per heavy atom. The number of carbonyl (C=O) groups excluding carboxylic acids is 1. The molecule has 1 N–H and O–H groups in total. The SMILES string of the molecule is Cc1cc(NC(=O)CCCOc2ccccc2)ccc1-n1cnnn1. The summed E-state index contributed by atoms with van der Waals surface area (Å²) in [5, 5.41) is 14.0. The molecule has 0 spiro atoms. The largest absolute Gasteiger partial charge is 0.494 e. The van der Waals surface area contributed by atoms with Gasteiger partial charge >= 0.3 is 0 Å². The molecule has 1 heterocycles. The summed E-state index contributed by atoms with van der Waals surface area (Å²) in [5.41, 5.74) is 2.60. The second-order valence-electron chi connectivity index (χ2n) is 5.57. The molecule has 2 aromatic carbocycles. The summed E-state index contributed by atoms with van der Waals surface area (Å²) >= 11 is 0. The number of amides is 1. The second-order valence-corrected chi connectivity index (χ2v) is 5.57. The third kappa shape index (κ3) is 4.63. The van der Waals surface area contributed by atoms with Crippen LogP contribution in [0.5, 0.6) is 5.75 Å². The summed E-state index contributed by atoms with van der Waals surface area (Å²) < 4.78 is 7.17. The van der Waals surface area contributed by atoms with E-state index >= 15 is 0 Å². The molecule has 0 aliphatic heterocycles. The number of aryl methyl sites for hydroxylation is 1. The monoisotopic (exact) mass is 337 g/mol. The minimum atomic E-state index is -0.0359. The summed E-state index contributed by atoms with van der Waals surface area (Å²) in [4.78, 5) is 12.0. The number of benzene rings is 2. The number of ether oxygens (including phenoxy) is 1. The van der Waals surface area contributed by atoms with Crippen LogP contribution in [0.4, 0.5) is 5.69 Å². The zero-order chi connectivity index (χ0) is 17.5. The molecule has 0 aliphatic carbocycles. The Bertz CT molecular complexity index is 819. The highest BCUT2D eigenvalue weighted by molar-refractivity contribution is 5.90. The van der Waals surface area contributed by atoms with Crippen molar-refractivity contribution in [2.75, 3.05) is 11.9 Å². The first-order chi connectivity index (χ1) is 12.2. The Balaban J connectivity index is 1.47. The maximum atomic E-state index is 12.0. The van der Waals surface area contributed by atoms with E-state index in [9.17, 15) is 4.79 Å². The van der Waals surface area contributed by atoms with Crippen molar-refractivity contribution < 1.29 is 9.53 Å². The average molecular weight is 337 g/mol. The number of para-hydroxylation sites is 1. The average Bonchev–Trinajstić information content (AvgIpc) is 3.14. The van der Waals surface area contributed by atoms with Crippen LogP contribution in [0.15, 0.2) is 54.9 Å². The van der Waals surface area contributed by atoms with Crippen LogP contribution in [0, 0.1) is 6.92 Å². The van der Waals surface area contributed by atoms with Gasteiger partial charge in [-0.05, 0) is 59.7 Å². The van der Waals surface area contributed by atoms with Gasteiger partial charge in [-0.25, -0.2) is 4.68 Å². The van der Waals surface area contributed by atoms with E-state index in [0.29, 0.717) is 19.4 Å². The predicted molar refractivity (Wildman–Crippen MR) is 93.7 cm³/mol. The van der Waals surface area contributed by atoms with Gasteiger partial charge in [0.15, 0.2) is 0 Å². The molecule has 0 fully saturated rings. The summed E-state index contributed by atoms with van der Waals surface area (Å²) in [5.74, 6) is 0.781. The third-order valence-corrected chi connectivity index (χ3v) is 3.64. The van der Waals surface area contributed by atoms with E-state index in [1.807, 2.05) is 55.5 Å². The van der Waals surface area contributed by atoms with Crippen molar-refractivity contribution in [3.05, 3.63) is 60.4 Å². The lowest BCUT2D eigenvalue weighted by Gasteiger charge is -2.09. The number of hydrogen-bond donors (Lipinski definition) is 1. The van der Waals surface area contributed by atoms with E-state index < -0.39 is 0 Å². The van der Waals surface area contributed by atoms with E-state index in [2.05, 4.69) is 20.8 Å². The van der Waals surface area contributed by atoms with Gasteiger partial charge in [0.05, 0.1) is 12.3 Å². The molecular weight excluding hydrogens is 318 g/mol. The van der Waals surface area contributed by atoms with Crippen LogP contribution in [-0.2, 0) is 4.79 Å². The van der Waals surface area contributed by atoms with Gasteiger partial charge in [0.1, 0.15) is 12.1 Å². The van der Waals surface area contributed by atoms with Crippen LogP contribution in [0.2, 0.25) is 0 Å². The molecule has 1 amide bonds. The Labute approximate surface area is 145 Å². The van der Waals surface area contributed by atoms with Gasteiger partial charge in [-0.15, -0.1) is 5.10 Å². The molecule has 0 saturated heterocycles. The number of rotatable bonds is 7. The van der Waals surface area contributed by atoms with Crippen molar-refractivity contribution in [3.63, 3.8) is 0 Å². The lowest BCUT2D eigenvalue weighted by atomic mass is 10.1. The molecule has 3 rings (SSSR count). The molecule has 7 nitrogen and oxygen atoms in total. The van der Waals surface area contributed by atoms with Crippen LogP contribution in [0.25, 0.3) is 5.69 Å². The number of tetrazole rings is 1. The quantitative estimate of drug-likeness (QED) is 0.670. The van der Waals surface area contributed by atoms with Gasteiger partial charge in [-0.1, -0.05) is 18.2 Å². The fourth-order valence-electron chi connectivity index (χ4n) is 2.42. The van der Waals surface area contributed by atoms with Crippen molar-refractivity contribution in [2.24, 2.45) is 0 Å². The van der Waals surface area contributed by atoms with Crippen LogP contribution in [0.3, 0.4) is 0 Å². The smallest absolute Gasteiger partial charge is 0.224 e. The Hall–Kier alpha value is -3.22. The number of nitrogens with one attached hydrogen (secondary N) is 1. The Kier molecular flexibility index (Phi) is 5.36. The van der Waals surface area contributed by atoms with Gasteiger partial charge in [-0.2, -0.15) is 0 Å². The van der Waals surface area contributed by atoms with Crippen molar-refractivity contribution in [1.29, 1.82) is 0 Å². The summed E-state index contributed by atoms with van der Waals surface area (Å²) in [6.07, 6.45) is 2.59. The zero-order valence-corrected chi connectivity index (χ0v) is 13.9. The summed E-state index contributed by atoms with van der Waals surface area (Å²) in [7, 11) is 0. The van der Waals surface area contributed by atoms with Gasteiger partial charge in [0.25, 0.3) is 0 Å². The minimum Gasteiger partial charge on any atom is -0.494 e. The fourth-order valence-corrected chi connectivity index (χ4v) is 2.42. The fraction of sp³-hybridized carbons (Fsp3) is 0.222. The Morgan fingerprint density at radius 1 is 1.20 bits per heavy atom. The van der Waals surface area contributed by atoms with Crippen molar-refractivity contribution in [3.8, 4) is 11.4 Å². The molecule has 0 radical (unpaired) electrons. The van der Waals surface area contributed by atoms with Crippen molar-refractivity contribution in [2.45, 2.75) is 19.8 Å².